The van der Waals surface area contributed by atoms with Crippen molar-refractivity contribution in [2.45, 2.75) is 12.5 Å². The molecule has 4 heteroatoms. The molecule has 0 saturated heterocycles. The number of ether oxygens (including phenoxy) is 1. The molecule has 0 saturated carbocycles. The molecular formula is C21H21NO3. The summed E-state index contributed by atoms with van der Waals surface area (Å²) in [6.45, 7) is -0.140. The first-order valence-corrected chi connectivity index (χ1v) is 8.22. The number of carbonyl (C=O) groups excluding carboxylic acids is 1. The SMILES string of the molecule is COc1ccc2cccc(CC(=O)N[C@H](CO)c3ccccc3)c2c1. The molecule has 1 amide bonds. The van der Waals surface area contributed by atoms with Gasteiger partial charge in [0.2, 0.25) is 5.91 Å². The second-order valence-electron chi connectivity index (χ2n) is 5.89. The van der Waals surface area contributed by atoms with Crippen molar-refractivity contribution in [2.24, 2.45) is 0 Å². The molecule has 0 heterocycles. The van der Waals surface area contributed by atoms with Gasteiger partial charge in [0.1, 0.15) is 5.75 Å². The molecule has 1 atom stereocenters. The molecule has 0 unspecified atom stereocenters. The lowest BCUT2D eigenvalue weighted by atomic mass is 10.0. The molecule has 0 aromatic heterocycles. The van der Waals surface area contributed by atoms with E-state index in [-0.39, 0.29) is 18.9 Å². The highest BCUT2D eigenvalue weighted by atomic mass is 16.5. The van der Waals surface area contributed by atoms with Crippen molar-refractivity contribution in [3.63, 3.8) is 0 Å². The van der Waals surface area contributed by atoms with E-state index in [1.165, 1.54) is 0 Å². The standard InChI is InChI=1S/C21H21NO3/c1-25-18-11-10-15-8-5-9-17(19(15)13-18)12-21(24)22-20(14-23)16-6-3-2-4-7-16/h2-11,13,20,23H,12,14H2,1H3,(H,22,24)/t20-/m1/s1. The lowest BCUT2D eigenvalue weighted by molar-refractivity contribution is -0.121. The fraction of sp³-hybridized carbons (Fsp3) is 0.190. The van der Waals surface area contributed by atoms with E-state index >= 15 is 0 Å². The number of hydrogen-bond donors (Lipinski definition) is 2. The maximum absolute atomic E-state index is 12.5. The lowest BCUT2D eigenvalue weighted by Gasteiger charge is -2.17. The number of methoxy groups -OCH3 is 1. The molecule has 0 aliphatic carbocycles. The average molecular weight is 335 g/mol. The van der Waals surface area contributed by atoms with Crippen LogP contribution in [0.2, 0.25) is 0 Å². The smallest absolute Gasteiger partial charge is 0.225 e. The Bertz CT molecular complexity index is 861. The van der Waals surface area contributed by atoms with Crippen LogP contribution in [0, 0.1) is 0 Å². The summed E-state index contributed by atoms with van der Waals surface area (Å²) >= 11 is 0. The lowest BCUT2D eigenvalue weighted by Crippen LogP contribution is -2.31. The van der Waals surface area contributed by atoms with Gasteiger partial charge in [-0.3, -0.25) is 4.79 Å². The highest BCUT2D eigenvalue weighted by Gasteiger charge is 2.14. The van der Waals surface area contributed by atoms with E-state index in [4.69, 9.17) is 4.74 Å². The van der Waals surface area contributed by atoms with E-state index < -0.39 is 6.04 Å². The van der Waals surface area contributed by atoms with Crippen LogP contribution in [0.25, 0.3) is 10.8 Å². The van der Waals surface area contributed by atoms with Gasteiger partial charge in [-0.05, 0) is 34.0 Å². The van der Waals surface area contributed by atoms with Gasteiger partial charge in [0.15, 0.2) is 0 Å². The van der Waals surface area contributed by atoms with E-state index in [2.05, 4.69) is 5.32 Å². The van der Waals surface area contributed by atoms with Crippen LogP contribution in [0.1, 0.15) is 17.2 Å². The number of aliphatic hydroxyl groups is 1. The Morgan fingerprint density at radius 1 is 1.08 bits per heavy atom. The van der Waals surface area contributed by atoms with Gasteiger partial charge in [0, 0.05) is 0 Å². The largest absolute Gasteiger partial charge is 0.497 e. The molecule has 0 fully saturated rings. The maximum Gasteiger partial charge on any atom is 0.225 e. The summed E-state index contributed by atoms with van der Waals surface area (Å²) in [5.41, 5.74) is 1.82. The summed E-state index contributed by atoms with van der Waals surface area (Å²) < 4.78 is 5.29. The van der Waals surface area contributed by atoms with Crippen LogP contribution in [0.3, 0.4) is 0 Å². The number of nitrogens with one attached hydrogen (secondary N) is 1. The van der Waals surface area contributed by atoms with E-state index in [0.29, 0.717) is 0 Å². The van der Waals surface area contributed by atoms with Crippen molar-refractivity contribution in [3.8, 4) is 5.75 Å². The zero-order valence-electron chi connectivity index (χ0n) is 14.1. The molecule has 0 aliphatic rings. The molecule has 4 nitrogen and oxygen atoms in total. The van der Waals surface area contributed by atoms with E-state index in [1.807, 2.05) is 66.7 Å². The summed E-state index contributed by atoms with van der Waals surface area (Å²) in [6.07, 6.45) is 0.244. The van der Waals surface area contributed by atoms with Gasteiger partial charge in [-0.25, -0.2) is 0 Å². The minimum Gasteiger partial charge on any atom is -0.497 e. The number of rotatable bonds is 6. The Morgan fingerprint density at radius 3 is 2.60 bits per heavy atom. The van der Waals surface area contributed by atoms with Crippen molar-refractivity contribution in [2.75, 3.05) is 13.7 Å². The van der Waals surface area contributed by atoms with Gasteiger partial charge in [0.05, 0.1) is 26.2 Å². The second-order valence-corrected chi connectivity index (χ2v) is 5.89. The predicted octanol–water partition coefficient (Wildman–Crippen LogP) is 3.24. The van der Waals surface area contributed by atoms with Crippen molar-refractivity contribution in [3.05, 3.63) is 77.9 Å². The Labute approximate surface area is 147 Å². The fourth-order valence-electron chi connectivity index (χ4n) is 2.94. The number of amides is 1. The van der Waals surface area contributed by atoms with Crippen LogP contribution in [0.5, 0.6) is 5.75 Å². The fourth-order valence-corrected chi connectivity index (χ4v) is 2.94. The number of fused-ring (bicyclic) bond motifs is 1. The first-order valence-electron chi connectivity index (χ1n) is 8.22. The zero-order chi connectivity index (χ0) is 17.6. The first kappa shape index (κ1) is 17.0. The van der Waals surface area contributed by atoms with E-state index in [9.17, 15) is 9.90 Å². The van der Waals surface area contributed by atoms with Gasteiger partial charge in [-0.2, -0.15) is 0 Å². The van der Waals surface area contributed by atoms with Crippen LogP contribution in [0.4, 0.5) is 0 Å². The molecule has 0 spiro atoms. The van der Waals surface area contributed by atoms with Crippen molar-refractivity contribution in [1.82, 2.24) is 5.32 Å². The van der Waals surface area contributed by atoms with Gasteiger partial charge < -0.3 is 15.2 Å². The van der Waals surface area contributed by atoms with Gasteiger partial charge in [-0.15, -0.1) is 0 Å². The molecule has 0 radical (unpaired) electrons. The topological polar surface area (TPSA) is 58.6 Å². The molecule has 2 N–H and O–H groups in total. The highest BCUT2D eigenvalue weighted by Crippen LogP contribution is 2.24. The van der Waals surface area contributed by atoms with Gasteiger partial charge in [0.25, 0.3) is 0 Å². The monoisotopic (exact) mass is 335 g/mol. The quantitative estimate of drug-likeness (QED) is 0.727. The van der Waals surface area contributed by atoms with Crippen LogP contribution >= 0.6 is 0 Å². The predicted molar refractivity (Wildman–Crippen MR) is 98.6 cm³/mol. The summed E-state index contributed by atoms with van der Waals surface area (Å²) in [7, 11) is 1.63. The normalized spacial score (nSPS) is 11.9. The van der Waals surface area contributed by atoms with Crippen molar-refractivity contribution < 1.29 is 14.6 Å². The molecule has 3 rings (SSSR count). The van der Waals surface area contributed by atoms with Crippen LogP contribution in [-0.2, 0) is 11.2 Å². The first-order chi connectivity index (χ1) is 12.2. The highest BCUT2D eigenvalue weighted by molar-refractivity contribution is 5.91. The van der Waals surface area contributed by atoms with Crippen molar-refractivity contribution >= 4 is 16.7 Å². The zero-order valence-corrected chi connectivity index (χ0v) is 14.1. The van der Waals surface area contributed by atoms with E-state index in [0.717, 1.165) is 27.6 Å². The minimum absolute atomic E-state index is 0.127. The minimum atomic E-state index is -0.404. The molecule has 0 bridgehead atoms. The van der Waals surface area contributed by atoms with Crippen molar-refractivity contribution in [1.29, 1.82) is 0 Å². The third-order valence-corrected chi connectivity index (χ3v) is 4.25. The van der Waals surface area contributed by atoms with Crippen LogP contribution < -0.4 is 10.1 Å². The van der Waals surface area contributed by atoms with E-state index in [1.54, 1.807) is 7.11 Å². The summed E-state index contributed by atoms with van der Waals surface area (Å²) in [5, 5.41) is 14.6. The third-order valence-electron chi connectivity index (χ3n) is 4.25. The molecule has 3 aromatic carbocycles. The Kier molecular flexibility index (Phi) is 5.31. The van der Waals surface area contributed by atoms with Crippen LogP contribution in [-0.4, -0.2) is 24.7 Å². The molecular weight excluding hydrogens is 314 g/mol. The van der Waals surface area contributed by atoms with Gasteiger partial charge in [-0.1, -0.05) is 54.6 Å². The number of hydrogen-bond acceptors (Lipinski definition) is 3. The second kappa shape index (κ2) is 7.81. The Hall–Kier alpha value is -2.85. The molecule has 128 valence electrons. The summed E-state index contributed by atoms with van der Waals surface area (Å²) in [5.74, 6) is 0.635. The molecule has 25 heavy (non-hydrogen) atoms. The Balaban J connectivity index is 1.80. The number of benzene rings is 3. The molecule has 0 aliphatic heterocycles. The number of aliphatic hydroxyl groups excluding tert-OH is 1. The molecule has 3 aromatic rings. The summed E-state index contributed by atoms with van der Waals surface area (Å²) in [6, 6.07) is 20.8. The Morgan fingerprint density at radius 2 is 1.88 bits per heavy atom. The number of carbonyl (C=O) groups is 1. The van der Waals surface area contributed by atoms with Crippen LogP contribution in [0.15, 0.2) is 66.7 Å². The summed E-state index contributed by atoms with van der Waals surface area (Å²) in [4.78, 5) is 12.5. The third kappa shape index (κ3) is 3.98. The van der Waals surface area contributed by atoms with Gasteiger partial charge >= 0.3 is 0 Å². The average Bonchev–Trinajstić information content (AvgIpc) is 2.66. The maximum atomic E-state index is 12.5.